The van der Waals surface area contributed by atoms with Gasteiger partial charge in [-0.25, -0.2) is 4.98 Å². The molecule has 0 fully saturated rings. The number of thiazole rings is 1. The van der Waals surface area contributed by atoms with Gasteiger partial charge >= 0.3 is 0 Å². The predicted molar refractivity (Wildman–Crippen MR) is 62.3 cm³/mol. The van der Waals surface area contributed by atoms with E-state index in [1.807, 2.05) is 0 Å². The maximum Gasteiger partial charge on any atom is 0.132 e. The molecular weight excluding hydrogens is 251 g/mol. The number of rotatable bonds is 1. The van der Waals surface area contributed by atoms with Gasteiger partial charge < -0.3 is 0 Å². The number of hydrogen-bond donors (Lipinski definition) is 0. The van der Waals surface area contributed by atoms with Crippen LogP contribution in [0.15, 0.2) is 23.7 Å². The molecular formula is C10H4Cl2N2S. The minimum atomic E-state index is 0.505. The summed E-state index contributed by atoms with van der Waals surface area (Å²) >= 11 is 13.1. The van der Waals surface area contributed by atoms with Gasteiger partial charge in [0.1, 0.15) is 16.6 Å². The highest BCUT2D eigenvalue weighted by molar-refractivity contribution is 7.10. The summed E-state index contributed by atoms with van der Waals surface area (Å²) in [5.41, 5.74) is 2.97. The van der Waals surface area contributed by atoms with Crippen LogP contribution < -0.4 is 0 Å². The molecule has 0 amide bonds. The van der Waals surface area contributed by atoms with Crippen LogP contribution in [0.3, 0.4) is 0 Å². The van der Waals surface area contributed by atoms with Crippen LogP contribution in [0.1, 0.15) is 4.88 Å². The molecule has 0 saturated heterocycles. The third-order valence-corrected chi connectivity index (χ3v) is 3.13. The largest absolute Gasteiger partial charge is 0.243 e. The molecule has 0 spiro atoms. The molecule has 0 aliphatic rings. The highest BCUT2D eigenvalue weighted by Crippen LogP contribution is 2.32. The fourth-order valence-electron chi connectivity index (χ4n) is 1.20. The molecule has 0 aliphatic carbocycles. The molecule has 0 N–H and O–H groups in total. The topological polar surface area (TPSA) is 36.7 Å². The Balaban J connectivity index is 2.60. The summed E-state index contributed by atoms with van der Waals surface area (Å²) < 4.78 is 0. The van der Waals surface area contributed by atoms with Crippen molar-refractivity contribution in [3.8, 4) is 17.3 Å². The monoisotopic (exact) mass is 254 g/mol. The maximum atomic E-state index is 8.87. The van der Waals surface area contributed by atoms with Gasteiger partial charge in [-0.1, -0.05) is 23.2 Å². The molecule has 2 nitrogen and oxygen atoms in total. The summed E-state index contributed by atoms with van der Waals surface area (Å²) in [5.74, 6) is 0. The van der Waals surface area contributed by atoms with Crippen molar-refractivity contribution in [2.45, 2.75) is 0 Å². The molecule has 0 aliphatic heterocycles. The van der Waals surface area contributed by atoms with Gasteiger partial charge in [0.25, 0.3) is 0 Å². The molecule has 1 aromatic heterocycles. The quantitative estimate of drug-likeness (QED) is 0.772. The van der Waals surface area contributed by atoms with E-state index in [-0.39, 0.29) is 0 Å². The molecule has 0 bridgehead atoms. The Bertz CT molecular complexity index is 543. The Kier molecular flexibility index (Phi) is 2.92. The second-order valence-corrected chi connectivity index (χ2v) is 4.46. The van der Waals surface area contributed by atoms with Crippen molar-refractivity contribution in [1.82, 2.24) is 4.98 Å². The van der Waals surface area contributed by atoms with E-state index in [1.54, 1.807) is 23.7 Å². The SMILES string of the molecule is N#Cc1scnc1-c1ccc(Cl)cc1Cl. The van der Waals surface area contributed by atoms with Crippen molar-refractivity contribution in [3.05, 3.63) is 38.6 Å². The lowest BCUT2D eigenvalue weighted by Gasteiger charge is -2.01. The number of hydrogen-bond acceptors (Lipinski definition) is 3. The van der Waals surface area contributed by atoms with Gasteiger partial charge in [-0.15, -0.1) is 11.3 Å². The summed E-state index contributed by atoms with van der Waals surface area (Å²) in [5, 5.41) is 9.94. The molecule has 0 saturated carbocycles. The Morgan fingerprint density at radius 2 is 2.13 bits per heavy atom. The van der Waals surface area contributed by atoms with Crippen LogP contribution in [-0.4, -0.2) is 4.98 Å². The van der Waals surface area contributed by atoms with Crippen LogP contribution in [0.25, 0.3) is 11.3 Å². The van der Waals surface area contributed by atoms with Gasteiger partial charge in [-0.05, 0) is 18.2 Å². The average Bonchev–Trinajstić information content (AvgIpc) is 2.65. The molecule has 5 heteroatoms. The average molecular weight is 255 g/mol. The third kappa shape index (κ3) is 1.98. The zero-order chi connectivity index (χ0) is 10.8. The van der Waals surface area contributed by atoms with Crippen molar-refractivity contribution in [2.75, 3.05) is 0 Å². The normalized spacial score (nSPS) is 9.93. The first kappa shape index (κ1) is 10.4. The van der Waals surface area contributed by atoms with Crippen LogP contribution in [0.5, 0.6) is 0 Å². The van der Waals surface area contributed by atoms with Crippen molar-refractivity contribution >= 4 is 34.5 Å². The van der Waals surface area contributed by atoms with Crippen molar-refractivity contribution < 1.29 is 0 Å². The summed E-state index contributed by atoms with van der Waals surface area (Å²) in [4.78, 5) is 4.67. The fourth-order valence-corrected chi connectivity index (χ4v) is 2.29. The summed E-state index contributed by atoms with van der Waals surface area (Å²) in [6.07, 6.45) is 0. The van der Waals surface area contributed by atoms with Gasteiger partial charge in [0.05, 0.1) is 10.5 Å². The number of nitriles is 1. The number of halogens is 2. The highest BCUT2D eigenvalue weighted by Gasteiger charge is 2.11. The minimum Gasteiger partial charge on any atom is -0.243 e. The first-order valence-electron chi connectivity index (χ1n) is 4.01. The minimum absolute atomic E-state index is 0.505. The summed E-state index contributed by atoms with van der Waals surface area (Å²) in [6.45, 7) is 0. The van der Waals surface area contributed by atoms with Gasteiger partial charge in [-0.2, -0.15) is 5.26 Å². The predicted octanol–water partition coefficient (Wildman–Crippen LogP) is 3.99. The Morgan fingerprint density at radius 1 is 1.33 bits per heavy atom. The van der Waals surface area contributed by atoms with Crippen LogP contribution in [0.4, 0.5) is 0 Å². The molecule has 2 aromatic rings. The zero-order valence-electron chi connectivity index (χ0n) is 7.37. The second-order valence-electron chi connectivity index (χ2n) is 2.77. The lowest BCUT2D eigenvalue weighted by molar-refractivity contribution is 1.39. The lowest BCUT2D eigenvalue weighted by atomic mass is 10.1. The first-order valence-corrected chi connectivity index (χ1v) is 5.65. The van der Waals surface area contributed by atoms with Gasteiger partial charge in [-0.3, -0.25) is 0 Å². The molecule has 74 valence electrons. The second kappa shape index (κ2) is 4.19. The lowest BCUT2D eigenvalue weighted by Crippen LogP contribution is -1.82. The molecule has 0 atom stereocenters. The van der Waals surface area contributed by atoms with E-state index in [0.717, 1.165) is 5.56 Å². The van der Waals surface area contributed by atoms with E-state index in [2.05, 4.69) is 11.1 Å². The maximum absolute atomic E-state index is 8.87. The van der Waals surface area contributed by atoms with Crippen molar-refractivity contribution in [3.63, 3.8) is 0 Å². The zero-order valence-corrected chi connectivity index (χ0v) is 9.70. The molecule has 0 radical (unpaired) electrons. The Labute approximate surface area is 101 Å². The molecule has 1 aromatic carbocycles. The Morgan fingerprint density at radius 3 is 2.80 bits per heavy atom. The van der Waals surface area contributed by atoms with Crippen LogP contribution in [0.2, 0.25) is 10.0 Å². The van der Waals surface area contributed by atoms with E-state index >= 15 is 0 Å². The van der Waals surface area contributed by atoms with E-state index < -0.39 is 0 Å². The molecule has 0 unspecified atom stereocenters. The van der Waals surface area contributed by atoms with Gasteiger partial charge in [0.15, 0.2) is 0 Å². The van der Waals surface area contributed by atoms with Crippen LogP contribution >= 0.6 is 34.5 Å². The van der Waals surface area contributed by atoms with Crippen molar-refractivity contribution in [2.24, 2.45) is 0 Å². The smallest absolute Gasteiger partial charge is 0.132 e. The van der Waals surface area contributed by atoms with Crippen LogP contribution in [0, 0.1) is 11.3 Å². The third-order valence-electron chi connectivity index (χ3n) is 1.86. The van der Waals surface area contributed by atoms with Gasteiger partial charge in [0.2, 0.25) is 0 Å². The van der Waals surface area contributed by atoms with Crippen molar-refractivity contribution in [1.29, 1.82) is 5.26 Å². The molecule has 1 heterocycles. The van der Waals surface area contributed by atoms with Crippen LogP contribution in [-0.2, 0) is 0 Å². The molecule has 2 rings (SSSR count). The standard InChI is InChI=1S/C10H4Cl2N2S/c11-6-1-2-7(8(12)3-6)10-9(4-13)15-5-14-10/h1-3,5H. The van der Waals surface area contributed by atoms with E-state index in [0.29, 0.717) is 20.6 Å². The van der Waals surface area contributed by atoms with E-state index in [1.165, 1.54) is 11.3 Å². The molecule has 15 heavy (non-hydrogen) atoms. The van der Waals surface area contributed by atoms with Gasteiger partial charge in [0, 0.05) is 10.6 Å². The fraction of sp³-hybridized carbons (Fsp3) is 0. The highest BCUT2D eigenvalue weighted by atomic mass is 35.5. The number of nitrogens with zero attached hydrogens (tertiary/aromatic N) is 2. The number of aromatic nitrogens is 1. The Hall–Kier alpha value is -1.08. The van der Waals surface area contributed by atoms with E-state index in [9.17, 15) is 0 Å². The summed E-state index contributed by atoms with van der Waals surface area (Å²) in [6, 6.07) is 7.21. The summed E-state index contributed by atoms with van der Waals surface area (Å²) in [7, 11) is 0. The van der Waals surface area contributed by atoms with E-state index in [4.69, 9.17) is 28.5 Å². The number of benzene rings is 1. The first-order chi connectivity index (χ1) is 7.22.